The molecule has 2 saturated heterocycles. The number of benzene rings is 1. The minimum atomic E-state index is -0.998. The van der Waals surface area contributed by atoms with Crippen LogP contribution in [-0.4, -0.2) is 71.5 Å². The van der Waals surface area contributed by atoms with Crippen LogP contribution in [-0.2, 0) is 30.6 Å². The fourth-order valence-electron chi connectivity index (χ4n) is 4.32. The van der Waals surface area contributed by atoms with Gasteiger partial charge in [-0.1, -0.05) is 30.3 Å². The molecule has 3 amide bonds. The number of aromatic nitrogens is 4. The summed E-state index contributed by atoms with van der Waals surface area (Å²) >= 11 is 1.51. The van der Waals surface area contributed by atoms with Crippen molar-refractivity contribution in [2.45, 2.75) is 69.6 Å². The molecule has 2 aliphatic heterocycles. The lowest BCUT2D eigenvalue weighted by Gasteiger charge is -2.44. The third-order valence-corrected chi connectivity index (χ3v) is 7.83. The number of tetrazole rings is 1. The maximum atomic E-state index is 13.3. The molecule has 0 aliphatic carbocycles. The number of carbonyl (C=O) groups excluding carboxylic acids is 4. The van der Waals surface area contributed by atoms with Crippen LogP contribution in [0.2, 0.25) is 0 Å². The van der Waals surface area contributed by atoms with Crippen molar-refractivity contribution in [3.63, 3.8) is 0 Å². The van der Waals surface area contributed by atoms with Crippen molar-refractivity contribution in [3.05, 3.63) is 41.7 Å². The van der Waals surface area contributed by atoms with E-state index in [2.05, 4.69) is 26.0 Å². The molecule has 2 fully saturated rings. The van der Waals surface area contributed by atoms with E-state index in [1.54, 1.807) is 56.0 Å². The van der Waals surface area contributed by atoms with Gasteiger partial charge in [0, 0.05) is 4.75 Å². The highest BCUT2D eigenvalue weighted by molar-refractivity contribution is 8.01. The van der Waals surface area contributed by atoms with E-state index in [0.29, 0.717) is 11.4 Å². The van der Waals surface area contributed by atoms with Gasteiger partial charge in [0.2, 0.25) is 24.5 Å². The van der Waals surface area contributed by atoms with Crippen molar-refractivity contribution in [2.75, 3.05) is 6.54 Å². The summed E-state index contributed by atoms with van der Waals surface area (Å²) in [5.41, 5.74) is 5.33. The normalized spacial score (nSPS) is 22.7. The molecule has 1 aromatic heterocycles. The average Bonchev–Trinajstić information content (AvgIpc) is 3.43. The maximum Gasteiger partial charge on any atom is 0.313 e. The molecule has 204 valence electrons. The fraction of sp³-hybridized carbons (Fsp3) is 0.542. The van der Waals surface area contributed by atoms with Gasteiger partial charge in [-0.2, -0.15) is 0 Å². The number of carbonyl (C=O) groups is 4. The molecule has 0 spiro atoms. The third kappa shape index (κ3) is 5.36. The molecule has 2 aromatic rings. The topological polar surface area (TPSA) is 174 Å². The minimum absolute atomic E-state index is 0.200. The molecule has 0 radical (unpaired) electrons. The Morgan fingerprint density at radius 1 is 1.21 bits per heavy atom. The number of nitrogens with one attached hydrogen (secondary N) is 2. The number of esters is 1. The van der Waals surface area contributed by atoms with E-state index >= 15 is 0 Å². The van der Waals surface area contributed by atoms with E-state index in [0.717, 1.165) is 0 Å². The number of thioether (sulfide) groups is 1. The summed E-state index contributed by atoms with van der Waals surface area (Å²) in [6.07, 6.45) is 0. The van der Waals surface area contributed by atoms with Gasteiger partial charge in [0.15, 0.2) is 5.82 Å². The van der Waals surface area contributed by atoms with Gasteiger partial charge in [-0.15, -0.1) is 26.8 Å². The Labute approximate surface area is 224 Å². The number of hydrogen-bond donors (Lipinski definition) is 3. The summed E-state index contributed by atoms with van der Waals surface area (Å²) in [4.78, 5) is 53.3. The second-order valence-electron chi connectivity index (χ2n) is 10.7. The molecule has 0 saturated carbocycles. The van der Waals surface area contributed by atoms with Crippen LogP contribution in [0.3, 0.4) is 0 Å². The van der Waals surface area contributed by atoms with E-state index in [1.807, 2.05) is 13.8 Å². The Kier molecular flexibility index (Phi) is 7.48. The predicted molar refractivity (Wildman–Crippen MR) is 137 cm³/mol. The lowest BCUT2D eigenvalue weighted by molar-refractivity contribution is -0.158. The van der Waals surface area contributed by atoms with Gasteiger partial charge in [0.25, 0.3) is 0 Å². The number of ether oxygens (including phenoxy) is 1. The third-order valence-electron chi connectivity index (χ3n) is 6.26. The first kappa shape index (κ1) is 27.5. The summed E-state index contributed by atoms with van der Waals surface area (Å²) in [6.45, 7) is 8.67. The van der Waals surface area contributed by atoms with E-state index in [1.165, 1.54) is 16.6 Å². The van der Waals surface area contributed by atoms with Crippen LogP contribution in [0.25, 0.3) is 0 Å². The first-order valence-electron chi connectivity index (χ1n) is 12.1. The number of rotatable bonds is 8. The van der Waals surface area contributed by atoms with Crippen molar-refractivity contribution in [1.82, 2.24) is 35.7 Å². The van der Waals surface area contributed by atoms with Gasteiger partial charge in [-0.3, -0.25) is 19.2 Å². The predicted octanol–water partition coefficient (Wildman–Crippen LogP) is 0.256. The molecule has 4 rings (SSSR count). The van der Waals surface area contributed by atoms with Gasteiger partial charge in [-0.05, 0) is 45.4 Å². The van der Waals surface area contributed by atoms with Gasteiger partial charge < -0.3 is 26.0 Å². The van der Waals surface area contributed by atoms with Crippen LogP contribution >= 0.6 is 11.8 Å². The highest BCUT2D eigenvalue weighted by Gasteiger charge is 2.63. The van der Waals surface area contributed by atoms with E-state index in [4.69, 9.17) is 10.5 Å². The van der Waals surface area contributed by atoms with Crippen molar-refractivity contribution >= 4 is 35.5 Å². The summed E-state index contributed by atoms with van der Waals surface area (Å²) in [5.74, 6) is -1.38. The van der Waals surface area contributed by atoms with Crippen LogP contribution in [0.4, 0.5) is 0 Å². The van der Waals surface area contributed by atoms with Crippen molar-refractivity contribution < 1.29 is 23.9 Å². The molecule has 3 heterocycles. The monoisotopic (exact) mass is 544 g/mol. The van der Waals surface area contributed by atoms with Gasteiger partial charge in [0.05, 0.1) is 12.0 Å². The van der Waals surface area contributed by atoms with Crippen LogP contribution in [0, 0.1) is 5.41 Å². The molecule has 2 aliphatic rings. The Morgan fingerprint density at radius 3 is 2.53 bits per heavy atom. The SMILES string of the molecule is CC(C)(C)C(=O)OCn1nnc(C2N3C(=O)C(NC(=O)C(NC(=O)CN)c4ccccc4)C3SC2(C)C)n1. The van der Waals surface area contributed by atoms with Crippen LogP contribution in [0.5, 0.6) is 0 Å². The summed E-state index contributed by atoms with van der Waals surface area (Å²) in [6, 6.07) is 6.44. The highest BCUT2D eigenvalue weighted by Crippen LogP contribution is 2.56. The van der Waals surface area contributed by atoms with Crippen molar-refractivity contribution in [3.8, 4) is 0 Å². The second-order valence-corrected chi connectivity index (χ2v) is 12.5. The van der Waals surface area contributed by atoms with Gasteiger partial charge in [-0.25, -0.2) is 0 Å². The number of hydrogen-bond acceptors (Lipinski definition) is 10. The fourth-order valence-corrected chi connectivity index (χ4v) is 5.95. The number of fused-ring (bicyclic) bond motifs is 1. The molecule has 4 atom stereocenters. The molecule has 0 bridgehead atoms. The minimum Gasteiger partial charge on any atom is -0.440 e. The van der Waals surface area contributed by atoms with Gasteiger partial charge >= 0.3 is 5.97 Å². The first-order chi connectivity index (χ1) is 17.8. The number of nitrogens with zero attached hydrogens (tertiary/aromatic N) is 5. The van der Waals surface area contributed by atoms with Crippen LogP contribution in [0.1, 0.15) is 58.1 Å². The van der Waals surface area contributed by atoms with E-state index in [-0.39, 0.29) is 24.6 Å². The maximum absolute atomic E-state index is 13.3. The molecule has 14 heteroatoms. The largest absolute Gasteiger partial charge is 0.440 e. The molecule has 38 heavy (non-hydrogen) atoms. The number of amides is 3. The molecule has 4 unspecified atom stereocenters. The average molecular weight is 545 g/mol. The zero-order valence-corrected chi connectivity index (χ0v) is 22.7. The Hall–Kier alpha value is -3.52. The Bertz CT molecular complexity index is 1230. The molecule has 1 aromatic carbocycles. The summed E-state index contributed by atoms with van der Waals surface area (Å²) in [7, 11) is 0. The molecular formula is C24H32N8O5S. The van der Waals surface area contributed by atoms with E-state index < -0.39 is 46.1 Å². The first-order valence-corrected chi connectivity index (χ1v) is 13.0. The van der Waals surface area contributed by atoms with Gasteiger partial charge in [0.1, 0.15) is 23.5 Å². The van der Waals surface area contributed by atoms with Crippen molar-refractivity contribution in [2.24, 2.45) is 11.1 Å². The number of β-lactam (4-membered cyclic amide) rings is 1. The highest BCUT2D eigenvalue weighted by atomic mass is 32.2. The zero-order valence-electron chi connectivity index (χ0n) is 21.9. The molecular weight excluding hydrogens is 512 g/mol. The summed E-state index contributed by atoms with van der Waals surface area (Å²) < 4.78 is 4.75. The smallest absolute Gasteiger partial charge is 0.313 e. The second kappa shape index (κ2) is 10.3. The summed E-state index contributed by atoms with van der Waals surface area (Å²) in [5, 5.41) is 17.5. The van der Waals surface area contributed by atoms with Crippen molar-refractivity contribution in [1.29, 1.82) is 0 Å². The zero-order chi connectivity index (χ0) is 27.8. The van der Waals surface area contributed by atoms with Crippen LogP contribution in [0.15, 0.2) is 30.3 Å². The molecule has 4 N–H and O–H groups in total. The number of nitrogens with two attached hydrogens (primary N) is 1. The lowest BCUT2D eigenvalue weighted by Crippen LogP contribution is -2.68. The molecule has 13 nitrogen and oxygen atoms in total. The van der Waals surface area contributed by atoms with Crippen LogP contribution < -0.4 is 16.4 Å². The van der Waals surface area contributed by atoms with E-state index in [9.17, 15) is 19.2 Å². The Balaban J connectivity index is 1.46. The standard InChI is InChI=1S/C24H32N8O5S/c1-23(2,3)22(36)37-12-31-29-18(28-30-31)17-24(4,5)38-21-16(20(35)32(17)21)27-19(34)15(26-14(33)11-25)13-9-7-6-8-10-13/h6-10,15-17,21H,11-12,25H2,1-5H3,(H,26,33)(H,27,34). The lowest BCUT2D eigenvalue weighted by atomic mass is 9.95. The quantitative estimate of drug-likeness (QED) is 0.309. The Morgan fingerprint density at radius 2 is 1.89 bits per heavy atom.